The smallest absolute Gasteiger partial charge is 0.335 e. The molecule has 0 bridgehead atoms. The zero-order valence-electron chi connectivity index (χ0n) is 40.4. The minimum atomic E-state index is -1.22. The van der Waals surface area contributed by atoms with Crippen LogP contribution in [0.3, 0.4) is 0 Å². The molecule has 69 heavy (non-hydrogen) atoms. The molecule has 1 rings (SSSR count). The van der Waals surface area contributed by atoms with Gasteiger partial charge in [-0.2, -0.15) is 0 Å². The summed E-state index contributed by atoms with van der Waals surface area (Å²) in [6, 6.07) is 5.08. The van der Waals surface area contributed by atoms with Gasteiger partial charge in [0.15, 0.2) is 5.78 Å². The molecule has 3 atom stereocenters. The largest absolute Gasteiger partial charge is 0.494 e. The van der Waals surface area contributed by atoms with E-state index in [0.29, 0.717) is 31.7 Å². The fourth-order valence-electron chi connectivity index (χ4n) is 6.46. The van der Waals surface area contributed by atoms with Crippen molar-refractivity contribution in [3.05, 3.63) is 29.8 Å². The topological polar surface area (TPSA) is 309 Å². The highest BCUT2D eigenvalue weighted by molar-refractivity contribution is 5.88. The van der Waals surface area contributed by atoms with Crippen molar-refractivity contribution in [2.24, 2.45) is 11.8 Å². The lowest BCUT2D eigenvalue weighted by Gasteiger charge is -2.14. The number of benzene rings is 1. The number of hydrogen-bond donors (Lipinski definition) is 7. The normalized spacial score (nSPS) is 12.3. The number of aromatic carboxylic acids is 1. The maximum atomic E-state index is 12.3. The second-order valence-electron chi connectivity index (χ2n) is 16.6. The Morgan fingerprint density at radius 3 is 1.67 bits per heavy atom. The third-order valence-electron chi connectivity index (χ3n) is 10.7. The minimum Gasteiger partial charge on any atom is -0.494 e. The van der Waals surface area contributed by atoms with E-state index in [1.165, 1.54) is 12.1 Å². The number of rotatable bonds is 45. The second kappa shape index (κ2) is 39.3. The van der Waals surface area contributed by atoms with Gasteiger partial charge in [-0.25, -0.2) is 9.59 Å². The fraction of sp³-hybridized carbons (Fsp3) is 0.688. The van der Waals surface area contributed by atoms with Gasteiger partial charge < -0.3 is 60.3 Å². The molecule has 0 radical (unpaired) electrons. The van der Waals surface area contributed by atoms with E-state index >= 15 is 0 Å². The number of carbonyl (C=O) groups is 9. The van der Waals surface area contributed by atoms with Gasteiger partial charge in [-0.15, -0.1) is 0 Å². The maximum Gasteiger partial charge on any atom is 0.335 e. The van der Waals surface area contributed by atoms with Crippen molar-refractivity contribution in [3.63, 3.8) is 0 Å². The highest BCUT2D eigenvalue weighted by Crippen LogP contribution is 2.15. The van der Waals surface area contributed by atoms with Gasteiger partial charge in [0.2, 0.25) is 23.6 Å². The summed E-state index contributed by atoms with van der Waals surface area (Å²) in [5, 5.41) is 38.4. The number of ketones is 2. The monoisotopic (exact) mass is 981 g/mol. The van der Waals surface area contributed by atoms with Crippen LogP contribution in [0, 0.1) is 11.8 Å². The van der Waals surface area contributed by atoms with E-state index in [-0.39, 0.29) is 139 Å². The lowest BCUT2D eigenvalue weighted by atomic mass is 9.97. The minimum absolute atomic E-state index is 0.0136. The van der Waals surface area contributed by atoms with E-state index in [0.717, 1.165) is 51.4 Å². The van der Waals surface area contributed by atoms with Crippen molar-refractivity contribution in [1.29, 1.82) is 0 Å². The van der Waals surface area contributed by atoms with Gasteiger partial charge in [0.05, 0.1) is 57.7 Å². The van der Waals surface area contributed by atoms with Crippen LogP contribution in [0.2, 0.25) is 0 Å². The Balaban J connectivity index is 1.99. The highest BCUT2D eigenvalue weighted by Gasteiger charge is 2.23. The van der Waals surface area contributed by atoms with Crippen LogP contribution in [0.15, 0.2) is 24.3 Å². The number of hydrogen-bond acceptors (Lipinski definition) is 14. The number of amides is 4. The summed E-state index contributed by atoms with van der Waals surface area (Å²) in [6.07, 6.45) is 8.22. The molecule has 4 amide bonds. The van der Waals surface area contributed by atoms with Crippen LogP contribution in [0.4, 0.5) is 0 Å². The fourth-order valence-corrected chi connectivity index (χ4v) is 6.46. The van der Waals surface area contributed by atoms with Crippen molar-refractivity contribution in [1.82, 2.24) is 21.3 Å². The summed E-state index contributed by atoms with van der Waals surface area (Å²) in [6.45, 7) is 5.05. The van der Waals surface area contributed by atoms with Gasteiger partial charge in [0.1, 0.15) is 30.8 Å². The zero-order chi connectivity index (χ0) is 51.1. The molecule has 0 aliphatic rings. The SMILES string of the molecule is CC(=O)[C@@H](C)CCCCNC(=O)CC[C@H](CC(=O)COCCOCCNC(=O)COCCOCCNC(=O)CC[C@H](NC(=O)CCCCCCCCCOc1ccc(C(=O)O)cc1)C(=O)O)C(=O)O. The number of carboxylic acids is 3. The number of Topliss-reactive ketones (excluding diaryl/α,β-unsaturated/α-hetero) is 2. The predicted octanol–water partition coefficient (Wildman–Crippen LogP) is 3.48. The summed E-state index contributed by atoms with van der Waals surface area (Å²) in [7, 11) is 0. The molecule has 21 heteroatoms. The average molecular weight is 981 g/mol. The van der Waals surface area contributed by atoms with Crippen LogP contribution in [-0.2, 0) is 57.3 Å². The molecule has 7 N–H and O–H groups in total. The third kappa shape index (κ3) is 34.4. The van der Waals surface area contributed by atoms with E-state index < -0.39 is 41.6 Å². The van der Waals surface area contributed by atoms with Crippen molar-refractivity contribution in [2.75, 3.05) is 79.1 Å². The van der Waals surface area contributed by atoms with E-state index in [1.54, 1.807) is 19.1 Å². The van der Waals surface area contributed by atoms with Crippen LogP contribution in [0.25, 0.3) is 0 Å². The van der Waals surface area contributed by atoms with Crippen LogP contribution < -0.4 is 26.0 Å². The lowest BCUT2D eigenvalue weighted by molar-refractivity contribution is -0.145. The van der Waals surface area contributed by atoms with Crippen LogP contribution in [-0.4, -0.2) is 154 Å². The maximum absolute atomic E-state index is 12.3. The molecule has 1 aromatic rings. The Bertz CT molecular complexity index is 1690. The Hall–Kier alpha value is -5.51. The van der Waals surface area contributed by atoms with Crippen LogP contribution in [0.1, 0.15) is 127 Å². The first kappa shape index (κ1) is 61.5. The van der Waals surface area contributed by atoms with E-state index in [9.17, 15) is 53.4 Å². The molecule has 0 saturated heterocycles. The first-order valence-corrected chi connectivity index (χ1v) is 23.9. The molecular weight excluding hydrogens is 905 g/mol. The molecule has 0 heterocycles. The first-order chi connectivity index (χ1) is 33.1. The third-order valence-corrected chi connectivity index (χ3v) is 10.7. The summed E-state index contributed by atoms with van der Waals surface area (Å²) < 4.78 is 26.9. The van der Waals surface area contributed by atoms with Gasteiger partial charge in [-0.05, 0) is 69.7 Å². The Morgan fingerprint density at radius 1 is 0.522 bits per heavy atom. The summed E-state index contributed by atoms with van der Waals surface area (Å²) in [4.78, 5) is 106. The van der Waals surface area contributed by atoms with Crippen molar-refractivity contribution >= 4 is 53.1 Å². The summed E-state index contributed by atoms with van der Waals surface area (Å²) in [5.41, 5.74) is 0.207. The van der Waals surface area contributed by atoms with E-state index in [1.807, 2.05) is 6.92 Å². The summed E-state index contributed by atoms with van der Waals surface area (Å²) in [5.74, 6) is -5.50. The molecule has 0 aliphatic carbocycles. The standard InChI is InChI=1S/C48H76N4O17/c1-35(36(2)53)12-9-10-22-49-42(55)20-16-38(47(61)62)32-39(54)33-67-30-28-66-27-24-51-45(58)34-68-31-29-65-26-23-50-43(56)21-19-41(48(63)64)52-44(57)13-8-6-4-3-5-7-11-25-69-40-17-14-37(15-18-40)46(59)60/h14-15,17-18,35,38,41H,3-13,16,19-34H2,1-2H3,(H,49,55)(H,50,56)(H,51,58)(H,52,57)(H,59,60)(H,61,62)(H,63,64)/t35-,38+,41-/m0/s1. The number of aliphatic carboxylic acids is 2. The summed E-state index contributed by atoms with van der Waals surface area (Å²) >= 11 is 0. The highest BCUT2D eigenvalue weighted by atomic mass is 16.5. The number of unbranched alkanes of at least 4 members (excludes halogenated alkanes) is 7. The van der Waals surface area contributed by atoms with Crippen molar-refractivity contribution in [3.8, 4) is 5.75 Å². The molecule has 21 nitrogen and oxygen atoms in total. The Kier molecular flexibility index (Phi) is 35.1. The van der Waals surface area contributed by atoms with Gasteiger partial charge in [0.25, 0.3) is 0 Å². The Labute approximate surface area is 404 Å². The van der Waals surface area contributed by atoms with Gasteiger partial charge in [-0.1, -0.05) is 45.4 Å². The van der Waals surface area contributed by atoms with E-state index in [2.05, 4.69) is 21.3 Å². The molecule has 0 aromatic heterocycles. The molecular formula is C48H76N4O17. The molecule has 0 unspecified atom stereocenters. The number of carbonyl (C=O) groups excluding carboxylic acids is 6. The molecule has 0 saturated carbocycles. The van der Waals surface area contributed by atoms with Gasteiger partial charge in [0, 0.05) is 51.2 Å². The molecule has 1 aromatic carbocycles. The predicted molar refractivity (Wildman–Crippen MR) is 251 cm³/mol. The molecule has 390 valence electrons. The number of ether oxygens (including phenoxy) is 5. The number of nitrogens with one attached hydrogen (secondary N) is 4. The lowest BCUT2D eigenvalue weighted by Crippen LogP contribution is -2.41. The molecule has 0 aliphatic heterocycles. The van der Waals surface area contributed by atoms with Crippen LogP contribution in [0.5, 0.6) is 5.75 Å². The van der Waals surface area contributed by atoms with Crippen molar-refractivity contribution < 1.29 is 82.2 Å². The Morgan fingerprint density at radius 2 is 1.07 bits per heavy atom. The molecule has 0 spiro atoms. The first-order valence-electron chi connectivity index (χ1n) is 23.9. The van der Waals surface area contributed by atoms with Gasteiger partial charge >= 0.3 is 17.9 Å². The molecule has 0 fully saturated rings. The van der Waals surface area contributed by atoms with Gasteiger partial charge in [-0.3, -0.25) is 33.6 Å². The zero-order valence-corrected chi connectivity index (χ0v) is 40.4. The quantitative estimate of drug-likeness (QED) is 0.0460. The van der Waals surface area contributed by atoms with Crippen molar-refractivity contribution in [2.45, 2.75) is 123 Å². The van der Waals surface area contributed by atoms with Crippen LogP contribution >= 0.6 is 0 Å². The second-order valence-corrected chi connectivity index (χ2v) is 16.6. The van der Waals surface area contributed by atoms with E-state index in [4.69, 9.17) is 28.8 Å². The average Bonchev–Trinajstić information content (AvgIpc) is 3.30. The number of carboxylic acid groups (broad SMARTS) is 3.